The van der Waals surface area contributed by atoms with Crippen LogP contribution in [0.1, 0.15) is 114 Å². The van der Waals surface area contributed by atoms with Crippen LogP contribution < -0.4 is 0 Å². The van der Waals surface area contributed by atoms with Gasteiger partial charge in [-0.3, -0.25) is 0 Å². The molecule has 0 heterocycles. The van der Waals surface area contributed by atoms with Gasteiger partial charge in [0.25, 0.3) is 0 Å². The Hall–Kier alpha value is -3.40. The van der Waals surface area contributed by atoms with Crippen molar-refractivity contribution in [2.24, 2.45) is 11.8 Å². The highest BCUT2D eigenvalue weighted by atomic mass is 16.3. The summed E-state index contributed by atoms with van der Waals surface area (Å²) in [5.41, 5.74) is 8.13. The van der Waals surface area contributed by atoms with Crippen LogP contribution in [0, 0.1) is 11.8 Å². The predicted molar refractivity (Wildman–Crippen MR) is 176 cm³/mol. The quantitative estimate of drug-likeness (QED) is 0.237. The third-order valence-electron chi connectivity index (χ3n) is 8.90. The summed E-state index contributed by atoms with van der Waals surface area (Å²) in [4.78, 5) is 0. The number of hydrogen-bond donors (Lipinski definition) is 4. The zero-order valence-electron chi connectivity index (χ0n) is 26.6. The van der Waals surface area contributed by atoms with Gasteiger partial charge in [0.15, 0.2) is 0 Å². The Balaban J connectivity index is 0.000000230. The summed E-state index contributed by atoms with van der Waals surface area (Å²) in [5.74, 6) is 1.44. The Morgan fingerprint density at radius 3 is 1.21 bits per heavy atom. The summed E-state index contributed by atoms with van der Waals surface area (Å²) in [6.07, 6.45) is 12.2. The summed E-state index contributed by atoms with van der Waals surface area (Å²) >= 11 is 0. The lowest BCUT2D eigenvalue weighted by atomic mass is 9.73. The molecular weight excluding hydrogens is 520 g/mol. The number of hydrogen-bond acceptors (Lipinski definition) is 4. The average Bonchev–Trinajstić information content (AvgIpc) is 2.88. The Kier molecular flexibility index (Phi) is 11.6. The summed E-state index contributed by atoms with van der Waals surface area (Å²) in [6.45, 7) is 20.7. The Morgan fingerprint density at radius 1 is 0.643 bits per heavy atom. The van der Waals surface area contributed by atoms with Gasteiger partial charge in [0, 0.05) is 23.0 Å². The molecule has 4 heteroatoms. The fraction of sp³-hybridized carbons (Fsp3) is 0.474. The van der Waals surface area contributed by atoms with Gasteiger partial charge in [-0.1, -0.05) is 74.3 Å². The zero-order chi connectivity index (χ0) is 31.1. The van der Waals surface area contributed by atoms with Gasteiger partial charge in [-0.25, -0.2) is 0 Å². The van der Waals surface area contributed by atoms with E-state index < -0.39 is 0 Å². The summed E-state index contributed by atoms with van der Waals surface area (Å²) in [5, 5.41) is 41.7. The molecular formula is C38H52O4. The van der Waals surface area contributed by atoms with E-state index in [1.165, 1.54) is 11.1 Å². The minimum Gasteiger partial charge on any atom is -0.507 e. The van der Waals surface area contributed by atoms with Crippen LogP contribution in [0.25, 0.3) is 0 Å². The molecule has 4 atom stereocenters. The molecule has 0 aromatic heterocycles. The van der Waals surface area contributed by atoms with Crippen LogP contribution in [0.4, 0.5) is 0 Å². The molecule has 0 fully saturated rings. The molecule has 42 heavy (non-hydrogen) atoms. The van der Waals surface area contributed by atoms with Gasteiger partial charge in [0.2, 0.25) is 0 Å². The first kappa shape index (κ1) is 33.1. The lowest BCUT2D eigenvalue weighted by Crippen LogP contribution is -2.17. The fourth-order valence-corrected chi connectivity index (χ4v) is 6.72. The lowest BCUT2D eigenvalue weighted by Gasteiger charge is -2.31. The second kappa shape index (κ2) is 14.7. The first-order valence-corrected chi connectivity index (χ1v) is 15.6. The van der Waals surface area contributed by atoms with E-state index in [4.69, 9.17) is 0 Å². The number of aromatic hydroxyl groups is 4. The molecule has 0 unspecified atom stereocenters. The van der Waals surface area contributed by atoms with Gasteiger partial charge < -0.3 is 20.4 Å². The van der Waals surface area contributed by atoms with Crippen molar-refractivity contribution < 1.29 is 20.4 Å². The highest BCUT2D eigenvalue weighted by molar-refractivity contribution is 5.53. The maximum Gasteiger partial charge on any atom is 0.123 e. The van der Waals surface area contributed by atoms with Crippen LogP contribution >= 0.6 is 0 Å². The van der Waals surface area contributed by atoms with Crippen molar-refractivity contribution in [3.8, 4) is 23.0 Å². The monoisotopic (exact) mass is 572 g/mol. The highest BCUT2D eigenvalue weighted by Crippen LogP contribution is 2.47. The molecule has 0 saturated carbocycles. The van der Waals surface area contributed by atoms with Crippen LogP contribution in [0.3, 0.4) is 0 Å². The molecule has 0 aliphatic heterocycles. The minimum atomic E-state index is 0.0203. The fourth-order valence-electron chi connectivity index (χ4n) is 6.72. The van der Waals surface area contributed by atoms with E-state index in [2.05, 4.69) is 53.0 Å². The van der Waals surface area contributed by atoms with Crippen molar-refractivity contribution in [2.75, 3.05) is 0 Å². The summed E-state index contributed by atoms with van der Waals surface area (Å²) in [7, 11) is 0. The molecule has 4 rings (SSSR count). The maximum absolute atomic E-state index is 10.4. The standard InChI is InChI=1S/2C19H26O2/c2*1-5-6-14-10-17(20)19(18(21)11-14)16-9-13(4)7-8-15(16)12(2)3/h2*9-11,15-16,20-21H,2,5-8H2,1,3-4H3/t2*15-,16+/m10/s1. The molecule has 4 N–H and O–H groups in total. The molecule has 228 valence electrons. The van der Waals surface area contributed by atoms with Crippen LogP contribution in [0.2, 0.25) is 0 Å². The van der Waals surface area contributed by atoms with Gasteiger partial charge in [-0.15, -0.1) is 0 Å². The Labute approximate surface area is 253 Å². The SMILES string of the molecule is C=C(C)[C@@H]1CCC(C)=C[C@H]1c1c(O)cc(CCC)cc1O.C=C(C)[C@H]1CCC(C)=C[C@@H]1c1c(O)cc(CCC)cc1O. The number of phenolic OH excluding ortho intramolecular Hbond substituents is 4. The number of benzene rings is 2. The Morgan fingerprint density at radius 2 is 0.952 bits per heavy atom. The number of phenols is 4. The molecule has 2 aromatic rings. The van der Waals surface area contributed by atoms with Gasteiger partial charge in [-0.2, -0.15) is 0 Å². The van der Waals surface area contributed by atoms with Crippen LogP contribution in [0.5, 0.6) is 23.0 Å². The molecule has 2 aliphatic carbocycles. The van der Waals surface area contributed by atoms with E-state index in [1.54, 1.807) is 24.3 Å². The first-order chi connectivity index (χ1) is 19.9. The average molecular weight is 573 g/mol. The molecule has 0 amide bonds. The topological polar surface area (TPSA) is 80.9 Å². The normalized spacial score (nSPS) is 22.0. The predicted octanol–water partition coefficient (Wildman–Crippen LogP) is 10.1. The largest absolute Gasteiger partial charge is 0.507 e. The molecule has 4 nitrogen and oxygen atoms in total. The summed E-state index contributed by atoms with van der Waals surface area (Å²) in [6, 6.07) is 7.19. The number of aryl methyl sites for hydroxylation is 2. The third kappa shape index (κ3) is 7.91. The molecule has 0 spiro atoms. The van der Waals surface area contributed by atoms with Gasteiger partial charge in [0.1, 0.15) is 23.0 Å². The second-order valence-electron chi connectivity index (χ2n) is 12.7. The molecule has 0 radical (unpaired) electrons. The molecule has 2 aromatic carbocycles. The van der Waals surface area contributed by atoms with Crippen molar-refractivity contribution in [1.82, 2.24) is 0 Å². The van der Waals surface area contributed by atoms with Crippen LogP contribution in [-0.2, 0) is 12.8 Å². The summed E-state index contributed by atoms with van der Waals surface area (Å²) < 4.78 is 0. The van der Waals surface area contributed by atoms with E-state index >= 15 is 0 Å². The van der Waals surface area contributed by atoms with Gasteiger partial charge in [-0.05, 0) is 113 Å². The van der Waals surface area contributed by atoms with Crippen molar-refractivity contribution in [3.05, 3.63) is 94.1 Å². The van der Waals surface area contributed by atoms with Crippen LogP contribution in [0.15, 0.2) is 71.9 Å². The van der Waals surface area contributed by atoms with E-state index in [0.29, 0.717) is 11.1 Å². The Bertz CT molecular complexity index is 1200. The highest BCUT2D eigenvalue weighted by Gasteiger charge is 2.31. The molecule has 0 bridgehead atoms. The minimum absolute atomic E-state index is 0.0203. The number of allylic oxidation sites excluding steroid dienone is 6. The first-order valence-electron chi connectivity index (χ1n) is 15.6. The van der Waals surface area contributed by atoms with Crippen molar-refractivity contribution in [2.45, 2.75) is 105 Å². The zero-order valence-corrected chi connectivity index (χ0v) is 26.6. The molecule has 2 aliphatic rings. The van der Waals surface area contributed by atoms with E-state index in [-0.39, 0.29) is 46.7 Å². The lowest BCUT2D eigenvalue weighted by molar-refractivity contribution is 0.405. The van der Waals surface area contributed by atoms with E-state index in [0.717, 1.165) is 73.6 Å². The smallest absolute Gasteiger partial charge is 0.123 e. The maximum atomic E-state index is 10.4. The van der Waals surface area contributed by atoms with Gasteiger partial charge in [0.05, 0.1) is 0 Å². The van der Waals surface area contributed by atoms with Crippen molar-refractivity contribution in [3.63, 3.8) is 0 Å². The van der Waals surface area contributed by atoms with E-state index in [9.17, 15) is 20.4 Å². The third-order valence-corrected chi connectivity index (χ3v) is 8.90. The molecule has 0 saturated heterocycles. The van der Waals surface area contributed by atoms with Gasteiger partial charge >= 0.3 is 0 Å². The van der Waals surface area contributed by atoms with Crippen molar-refractivity contribution >= 4 is 0 Å². The van der Waals surface area contributed by atoms with Crippen LogP contribution in [-0.4, -0.2) is 20.4 Å². The van der Waals surface area contributed by atoms with E-state index in [1.807, 2.05) is 13.8 Å². The number of rotatable bonds is 8. The second-order valence-corrected chi connectivity index (χ2v) is 12.7. The van der Waals surface area contributed by atoms with Crippen molar-refractivity contribution in [1.29, 1.82) is 0 Å².